The van der Waals surface area contributed by atoms with Gasteiger partial charge in [0.05, 0.1) is 0 Å². The number of hydrogen-bond donors (Lipinski definition) is 2. The molecule has 0 amide bonds. The normalized spacial score (nSPS) is 12.2. The largest absolute Gasteiger partial charge is 0.396 e. The number of unbranched alkanes of at least 4 members (excludes halogenated alkanes) is 4. The lowest BCUT2D eigenvalue weighted by molar-refractivity contribution is 0.271. The summed E-state index contributed by atoms with van der Waals surface area (Å²) in [6, 6.07) is 0.219. The maximum atomic E-state index is 8.60. The fourth-order valence-corrected chi connectivity index (χ4v) is 1.32. The van der Waals surface area contributed by atoms with E-state index in [2.05, 4.69) is 6.92 Å². The fourth-order valence-electron chi connectivity index (χ4n) is 1.32. The van der Waals surface area contributed by atoms with Crippen LogP contribution in [-0.4, -0.2) is 17.8 Å². The van der Waals surface area contributed by atoms with Crippen LogP contribution in [0.4, 0.5) is 0 Å². The van der Waals surface area contributed by atoms with E-state index in [9.17, 15) is 0 Å². The highest BCUT2D eigenvalue weighted by molar-refractivity contribution is 5.85. The topological polar surface area (TPSA) is 46.2 Å². The van der Waals surface area contributed by atoms with Gasteiger partial charge in [-0.1, -0.05) is 39.0 Å². The van der Waals surface area contributed by atoms with Crippen molar-refractivity contribution in [2.24, 2.45) is 5.73 Å². The molecule has 0 aliphatic carbocycles. The summed E-state index contributed by atoms with van der Waals surface area (Å²) in [6.45, 7) is 2.45. The van der Waals surface area contributed by atoms with Gasteiger partial charge in [-0.15, -0.1) is 12.4 Å². The zero-order valence-electron chi connectivity index (χ0n) is 8.67. The van der Waals surface area contributed by atoms with Crippen LogP contribution in [0.3, 0.4) is 0 Å². The maximum absolute atomic E-state index is 8.60. The highest BCUT2D eigenvalue weighted by Gasteiger charge is 1.99. The number of halogens is 1. The summed E-state index contributed by atoms with van der Waals surface area (Å²) in [6.07, 6.45) is 8.33. The van der Waals surface area contributed by atoms with E-state index in [0.29, 0.717) is 0 Å². The minimum Gasteiger partial charge on any atom is -0.396 e. The lowest BCUT2D eigenvalue weighted by atomic mass is 10.1. The molecule has 3 heteroatoms. The van der Waals surface area contributed by atoms with Gasteiger partial charge in [-0.3, -0.25) is 0 Å². The summed E-state index contributed by atoms with van der Waals surface area (Å²) in [5.41, 5.74) is 5.74. The molecule has 3 N–H and O–H groups in total. The van der Waals surface area contributed by atoms with Crippen LogP contribution >= 0.6 is 12.4 Å². The van der Waals surface area contributed by atoms with E-state index in [0.717, 1.165) is 12.8 Å². The molecule has 82 valence electrons. The number of rotatable bonds is 8. The first-order valence-electron chi connectivity index (χ1n) is 5.17. The predicted molar refractivity (Wildman–Crippen MR) is 60.3 cm³/mol. The summed E-state index contributed by atoms with van der Waals surface area (Å²) in [7, 11) is 0. The van der Waals surface area contributed by atoms with Gasteiger partial charge in [0.15, 0.2) is 0 Å². The van der Waals surface area contributed by atoms with Gasteiger partial charge in [0.25, 0.3) is 0 Å². The van der Waals surface area contributed by atoms with Gasteiger partial charge < -0.3 is 10.8 Å². The van der Waals surface area contributed by atoms with E-state index in [1.165, 1.54) is 32.1 Å². The third-order valence-corrected chi connectivity index (χ3v) is 2.18. The second kappa shape index (κ2) is 12.2. The van der Waals surface area contributed by atoms with E-state index < -0.39 is 0 Å². The molecule has 0 radical (unpaired) electrons. The third-order valence-electron chi connectivity index (χ3n) is 2.18. The average molecular weight is 210 g/mol. The molecule has 13 heavy (non-hydrogen) atoms. The van der Waals surface area contributed by atoms with Crippen molar-refractivity contribution in [2.45, 2.75) is 57.9 Å². The van der Waals surface area contributed by atoms with E-state index in [1.54, 1.807) is 0 Å². The summed E-state index contributed by atoms with van der Waals surface area (Å²) < 4.78 is 0. The monoisotopic (exact) mass is 209 g/mol. The van der Waals surface area contributed by atoms with Crippen LogP contribution in [0.5, 0.6) is 0 Å². The Morgan fingerprint density at radius 2 is 1.69 bits per heavy atom. The molecule has 0 bridgehead atoms. The summed E-state index contributed by atoms with van der Waals surface area (Å²) >= 11 is 0. The molecule has 0 saturated carbocycles. The Kier molecular flexibility index (Phi) is 14.7. The van der Waals surface area contributed by atoms with Crippen molar-refractivity contribution in [2.75, 3.05) is 6.61 Å². The van der Waals surface area contributed by atoms with Crippen LogP contribution in [-0.2, 0) is 0 Å². The number of aliphatic hydroxyl groups excluding tert-OH is 1. The van der Waals surface area contributed by atoms with E-state index in [-0.39, 0.29) is 25.1 Å². The van der Waals surface area contributed by atoms with E-state index in [1.807, 2.05) is 0 Å². The van der Waals surface area contributed by atoms with Crippen LogP contribution in [0.25, 0.3) is 0 Å². The van der Waals surface area contributed by atoms with Crippen molar-refractivity contribution in [3.05, 3.63) is 0 Å². The molecular formula is C10H24ClNO. The van der Waals surface area contributed by atoms with Gasteiger partial charge in [0.2, 0.25) is 0 Å². The Bertz CT molecular complexity index is 91.0. The molecule has 0 aromatic heterocycles. The smallest absolute Gasteiger partial charge is 0.0445 e. The van der Waals surface area contributed by atoms with Crippen molar-refractivity contribution in [1.82, 2.24) is 0 Å². The van der Waals surface area contributed by atoms with Gasteiger partial charge in [-0.05, 0) is 12.8 Å². The minimum absolute atomic E-state index is 0. The van der Waals surface area contributed by atoms with Crippen LogP contribution in [0.15, 0.2) is 0 Å². The third kappa shape index (κ3) is 12.2. The molecule has 1 atom stereocenters. The summed E-state index contributed by atoms with van der Waals surface area (Å²) in [4.78, 5) is 0. The Morgan fingerprint density at radius 3 is 2.23 bits per heavy atom. The zero-order valence-corrected chi connectivity index (χ0v) is 9.48. The number of hydrogen-bond acceptors (Lipinski definition) is 2. The Hall–Kier alpha value is 0.210. The highest BCUT2D eigenvalue weighted by atomic mass is 35.5. The van der Waals surface area contributed by atoms with Crippen molar-refractivity contribution >= 4 is 12.4 Å². The van der Waals surface area contributed by atoms with Gasteiger partial charge in [-0.25, -0.2) is 0 Å². The highest BCUT2D eigenvalue weighted by Crippen LogP contribution is 2.07. The van der Waals surface area contributed by atoms with Gasteiger partial charge >= 0.3 is 0 Å². The lowest BCUT2D eigenvalue weighted by Gasteiger charge is -2.08. The molecule has 0 heterocycles. The first-order chi connectivity index (χ1) is 5.81. The minimum atomic E-state index is 0. The van der Waals surface area contributed by atoms with Gasteiger partial charge in [0.1, 0.15) is 0 Å². The fraction of sp³-hybridized carbons (Fsp3) is 1.00. The molecule has 1 unspecified atom stereocenters. The SMILES string of the molecule is CCCCCCCC(N)CCO.Cl. The molecule has 0 fully saturated rings. The average Bonchev–Trinajstić information content (AvgIpc) is 2.05. The molecule has 2 nitrogen and oxygen atoms in total. The van der Waals surface area contributed by atoms with Crippen LogP contribution < -0.4 is 5.73 Å². The second-order valence-electron chi connectivity index (χ2n) is 3.48. The van der Waals surface area contributed by atoms with Crippen molar-refractivity contribution in [1.29, 1.82) is 0 Å². The van der Waals surface area contributed by atoms with E-state index >= 15 is 0 Å². The number of nitrogens with two attached hydrogens (primary N) is 1. The van der Waals surface area contributed by atoms with Gasteiger partial charge in [-0.2, -0.15) is 0 Å². The van der Waals surface area contributed by atoms with Gasteiger partial charge in [0, 0.05) is 12.6 Å². The summed E-state index contributed by atoms with van der Waals surface area (Å²) in [5, 5.41) is 8.60. The standard InChI is InChI=1S/C10H23NO.ClH/c1-2-3-4-5-6-7-10(11)8-9-12;/h10,12H,2-9,11H2,1H3;1H. The molecule has 0 aromatic rings. The first kappa shape index (κ1) is 15.7. The molecule has 0 saturated heterocycles. The Balaban J connectivity index is 0. The van der Waals surface area contributed by atoms with Crippen LogP contribution in [0.2, 0.25) is 0 Å². The summed E-state index contributed by atoms with van der Waals surface area (Å²) in [5.74, 6) is 0. The predicted octanol–water partition coefficient (Wildman–Crippen LogP) is 2.48. The Labute approximate surface area is 88.3 Å². The first-order valence-corrected chi connectivity index (χ1v) is 5.17. The molecule has 0 aliphatic heterocycles. The van der Waals surface area contributed by atoms with Crippen LogP contribution in [0.1, 0.15) is 51.9 Å². The quantitative estimate of drug-likeness (QED) is 0.604. The molecule has 0 spiro atoms. The van der Waals surface area contributed by atoms with Crippen LogP contribution in [0, 0.1) is 0 Å². The maximum Gasteiger partial charge on any atom is 0.0445 e. The molecule has 0 aliphatic rings. The lowest BCUT2D eigenvalue weighted by Crippen LogP contribution is -2.20. The zero-order chi connectivity index (χ0) is 9.23. The van der Waals surface area contributed by atoms with Crippen molar-refractivity contribution in [3.63, 3.8) is 0 Å². The van der Waals surface area contributed by atoms with Crippen molar-refractivity contribution in [3.8, 4) is 0 Å². The Morgan fingerprint density at radius 1 is 1.08 bits per heavy atom. The molecular weight excluding hydrogens is 186 g/mol. The number of aliphatic hydroxyl groups is 1. The van der Waals surface area contributed by atoms with Crippen molar-refractivity contribution < 1.29 is 5.11 Å². The molecule has 0 aromatic carbocycles. The molecule has 0 rings (SSSR count). The van der Waals surface area contributed by atoms with E-state index in [4.69, 9.17) is 10.8 Å². The second-order valence-corrected chi connectivity index (χ2v) is 3.48.